The van der Waals surface area contributed by atoms with E-state index in [2.05, 4.69) is 12.2 Å². The summed E-state index contributed by atoms with van der Waals surface area (Å²) in [6, 6.07) is 13.2. The van der Waals surface area contributed by atoms with Gasteiger partial charge in [0.2, 0.25) is 0 Å². The number of pyridine rings is 1. The van der Waals surface area contributed by atoms with Gasteiger partial charge in [-0.1, -0.05) is 60.0 Å². The Labute approximate surface area is 238 Å². The topological polar surface area (TPSA) is 68.3 Å². The number of nitrogens with zero attached hydrogens (tertiary/aromatic N) is 1. The van der Waals surface area contributed by atoms with Crippen molar-refractivity contribution in [2.24, 2.45) is 17.8 Å². The first-order valence-electron chi connectivity index (χ1n) is 13.9. The number of fused-ring (bicyclic) bond motifs is 4. The zero-order chi connectivity index (χ0) is 27.1. The number of esters is 1. The summed E-state index contributed by atoms with van der Waals surface area (Å²) in [7, 11) is 0. The molecule has 2 saturated carbocycles. The highest BCUT2D eigenvalue weighted by molar-refractivity contribution is 6.43. The van der Waals surface area contributed by atoms with Crippen molar-refractivity contribution < 1.29 is 14.3 Å². The van der Waals surface area contributed by atoms with Crippen molar-refractivity contribution in [2.75, 3.05) is 6.61 Å². The smallest absolute Gasteiger partial charge is 0.339 e. The number of allylic oxidation sites excluding steroid dienone is 1. The predicted molar refractivity (Wildman–Crippen MR) is 156 cm³/mol. The molecule has 1 aromatic heterocycles. The SMILES string of the molecule is C[C@H](NC(=O)COC(=O)c1c2c(nc3ccccc13)/C(=C\c1cccc(Cl)c1Cl)CCC2)[C@@H]1C[C@@H]2CC[C@@H]1C2. The van der Waals surface area contributed by atoms with Gasteiger partial charge in [-0.15, -0.1) is 0 Å². The van der Waals surface area contributed by atoms with Gasteiger partial charge in [-0.25, -0.2) is 9.78 Å². The van der Waals surface area contributed by atoms with Gasteiger partial charge in [0.15, 0.2) is 6.61 Å². The molecule has 0 aliphatic heterocycles. The lowest BCUT2D eigenvalue weighted by atomic mass is 9.84. The maximum absolute atomic E-state index is 13.6. The maximum Gasteiger partial charge on any atom is 0.339 e. The molecular weight excluding hydrogens is 531 g/mol. The van der Waals surface area contributed by atoms with Crippen LogP contribution in [0.5, 0.6) is 0 Å². The number of amides is 1. The van der Waals surface area contributed by atoms with Crippen LogP contribution in [0.25, 0.3) is 22.6 Å². The number of hydrogen-bond acceptors (Lipinski definition) is 4. The zero-order valence-corrected chi connectivity index (χ0v) is 23.5. The van der Waals surface area contributed by atoms with Crippen LogP contribution in [0, 0.1) is 17.8 Å². The first kappa shape index (κ1) is 26.3. The first-order chi connectivity index (χ1) is 18.9. The van der Waals surface area contributed by atoms with Crippen molar-refractivity contribution >= 4 is 57.6 Å². The Morgan fingerprint density at radius 1 is 1.10 bits per heavy atom. The number of aromatic nitrogens is 1. The van der Waals surface area contributed by atoms with E-state index in [1.165, 1.54) is 25.7 Å². The van der Waals surface area contributed by atoms with Crippen LogP contribution in [-0.2, 0) is 16.0 Å². The second-order valence-electron chi connectivity index (χ2n) is 11.3. The molecule has 39 heavy (non-hydrogen) atoms. The summed E-state index contributed by atoms with van der Waals surface area (Å²) in [5.74, 6) is 1.32. The number of halogens is 2. The molecule has 1 heterocycles. The molecule has 2 aromatic carbocycles. The Morgan fingerprint density at radius 2 is 1.95 bits per heavy atom. The van der Waals surface area contributed by atoms with E-state index in [0.29, 0.717) is 39.4 Å². The third-order valence-corrected chi connectivity index (χ3v) is 9.68. The average molecular weight is 564 g/mol. The minimum Gasteiger partial charge on any atom is -0.452 e. The van der Waals surface area contributed by atoms with Crippen LogP contribution in [0.2, 0.25) is 10.0 Å². The van der Waals surface area contributed by atoms with E-state index < -0.39 is 5.97 Å². The molecule has 0 unspecified atom stereocenters. The minimum atomic E-state index is -0.491. The molecule has 3 aliphatic rings. The summed E-state index contributed by atoms with van der Waals surface area (Å²) >= 11 is 12.7. The molecule has 3 aliphatic carbocycles. The third kappa shape index (κ3) is 5.19. The standard InChI is InChI=1S/C32H32Cl2N2O3/c1-18(25-15-19-12-13-20(25)14-19)35-28(37)17-39-32(38)29-23-8-2-3-11-27(23)36-31-22(7-4-9-24(29)31)16-21-6-5-10-26(33)30(21)34/h2-3,5-6,8,10-11,16,18-20,25H,4,7,9,12-15,17H2,1H3,(H,35,37)/b22-16-/t18-,19+,20+,25-/m0/s1. The number of carbonyl (C=O) groups excluding carboxylic acids is 2. The van der Waals surface area contributed by atoms with Crippen molar-refractivity contribution in [3.8, 4) is 0 Å². The molecule has 3 aromatic rings. The molecule has 1 N–H and O–H groups in total. The normalized spacial score (nSPS) is 23.6. The second kappa shape index (κ2) is 10.9. The predicted octanol–water partition coefficient (Wildman–Crippen LogP) is 7.52. The first-order valence-corrected chi connectivity index (χ1v) is 14.7. The summed E-state index contributed by atoms with van der Waals surface area (Å²) in [6.07, 6.45) is 9.45. The molecule has 7 heteroatoms. The maximum atomic E-state index is 13.6. The fraction of sp³-hybridized carbons (Fsp3) is 0.406. The van der Waals surface area contributed by atoms with Crippen molar-refractivity contribution in [1.82, 2.24) is 10.3 Å². The molecule has 202 valence electrons. The fourth-order valence-electron chi connectivity index (χ4n) is 7.04. The van der Waals surface area contributed by atoms with Crippen LogP contribution in [0.3, 0.4) is 0 Å². The van der Waals surface area contributed by atoms with E-state index in [4.69, 9.17) is 32.9 Å². The minimum absolute atomic E-state index is 0.0898. The van der Waals surface area contributed by atoms with Crippen molar-refractivity contribution in [1.29, 1.82) is 0 Å². The van der Waals surface area contributed by atoms with Gasteiger partial charge in [0.25, 0.3) is 5.91 Å². The number of hydrogen-bond donors (Lipinski definition) is 1. The lowest BCUT2D eigenvalue weighted by Gasteiger charge is -2.28. The van der Waals surface area contributed by atoms with E-state index >= 15 is 0 Å². The molecule has 0 saturated heterocycles. The summed E-state index contributed by atoms with van der Waals surface area (Å²) in [6.45, 7) is 1.79. The van der Waals surface area contributed by atoms with Crippen LogP contribution >= 0.6 is 23.2 Å². The number of benzene rings is 2. The molecule has 1 amide bonds. The van der Waals surface area contributed by atoms with Gasteiger partial charge in [0, 0.05) is 11.4 Å². The molecule has 0 radical (unpaired) electrons. The quantitative estimate of drug-likeness (QED) is 0.315. The number of carbonyl (C=O) groups is 2. The number of rotatable bonds is 6. The fourth-order valence-corrected chi connectivity index (χ4v) is 7.40. The Bertz CT molecular complexity index is 1480. The Hall–Kier alpha value is -2.89. The van der Waals surface area contributed by atoms with Gasteiger partial charge in [0.1, 0.15) is 0 Å². The summed E-state index contributed by atoms with van der Waals surface area (Å²) < 4.78 is 5.64. The van der Waals surface area contributed by atoms with Crippen LogP contribution in [-0.4, -0.2) is 29.5 Å². The van der Waals surface area contributed by atoms with Crippen LogP contribution in [0.1, 0.15) is 72.6 Å². The van der Waals surface area contributed by atoms with Gasteiger partial charge in [-0.2, -0.15) is 0 Å². The number of nitrogens with one attached hydrogen (secondary N) is 1. The highest BCUT2D eigenvalue weighted by Gasteiger charge is 2.42. The number of para-hydroxylation sites is 1. The van der Waals surface area contributed by atoms with Crippen LogP contribution in [0.4, 0.5) is 0 Å². The molecule has 2 fully saturated rings. The Morgan fingerprint density at radius 3 is 2.74 bits per heavy atom. The van der Waals surface area contributed by atoms with Gasteiger partial charge in [-0.3, -0.25) is 4.79 Å². The summed E-state index contributed by atoms with van der Waals surface area (Å²) in [5.41, 5.74) is 4.64. The Kier molecular flexibility index (Phi) is 7.39. The molecule has 5 nitrogen and oxygen atoms in total. The summed E-state index contributed by atoms with van der Waals surface area (Å²) in [5, 5.41) is 4.81. The van der Waals surface area contributed by atoms with E-state index in [-0.39, 0.29) is 18.6 Å². The lowest BCUT2D eigenvalue weighted by Crippen LogP contribution is -2.42. The molecular formula is C32H32Cl2N2O3. The van der Waals surface area contributed by atoms with Crippen LogP contribution in [0.15, 0.2) is 42.5 Å². The highest BCUT2D eigenvalue weighted by Crippen LogP contribution is 2.49. The van der Waals surface area contributed by atoms with Crippen molar-refractivity contribution in [3.63, 3.8) is 0 Å². The van der Waals surface area contributed by atoms with E-state index in [1.807, 2.05) is 42.5 Å². The van der Waals surface area contributed by atoms with Crippen LogP contribution < -0.4 is 5.32 Å². The van der Waals surface area contributed by atoms with E-state index in [1.54, 1.807) is 6.07 Å². The second-order valence-corrected chi connectivity index (χ2v) is 12.1. The molecule has 2 bridgehead atoms. The number of ether oxygens (including phenoxy) is 1. The lowest BCUT2D eigenvalue weighted by molar-refractivity contribution is -0.125. The van der Waals surface area contributed by atoms with E-state index in [0.717, 1.165) is 46.5 Å². The van der Waals surface area contributed by atoms with Crippen molar-refractivity contribution in [2.45, 2.75) is 57.9 Å². The summed E-state index contributed by atoms with van der Waals surface area (Å²) in [4.78, 5) is 31.3. The van der Waals surface area contributed by atoms with Gasteiger partial charge < -0.3 is 10.1 Å². The third-order valence-electron chi connectivity index (χ3n) is 8.84. The van der Waals surface area contributed by atoms with Crippen molar-refractivity contribution in [3.05, 3.63) is 74.9 Å². The molecule has 6 rings (SSSR count). The average Bonchev–Trinajstić information content (AvgIpc) is 3.57. The highest BCUT2D eigenvalue weighted by atomic mass is 35.5. The van der Waals surface area contributed by atoms with Gasteiger partial charge >= 0.3 is 5.97 Å². The zero-order valence-electron chi connectivity index (χ0n) is 22.0. The largest absolute Gasteiger partial charge is 0.452 e. The van der Waals surface area contributed by atoms with Gasteiger partial charge in [0.05, 0.1) is 26.8 Å². The molecule has 0 spiro atoms. The Balaban J connectivity index is 1.26. The molecule has 4 atom stereocenters. The monoisotopic (exact) mass is 562 g/mol. The van der Waals surface area contributed by atoms with E-state index in [9.17, 15) is 9.59 Å². The van der Waals surface area contributed by atoms with Gasteiger partial charge in [-0.05, 0) is 98.1 Å².